The number of hydrogen-bond donors (Lipinski definition) is 6. The van der Waals surface area contributed by atoms with Crippen molar-refractivity contribution in [3.63, 3.8) is 0 Å². The minimum atomic E-state index is -0.368. The normalized spacial score (nSPS) is 16.3. The lowest BCUT2D eigenvalue weighted by atomic mass is 10.0. The first-order valence-electron chi connectivity index (χ1n) is 12.5. The maximum absolute atomic E-state index is 10.8. The molecule has 39 heavy (non-hydrogen) atoms. The van der Waals surface area contributed by atoms with Crippen molar-refractivity contribution in [3.8, 4) is 34.5 Å². The average Bonchev–Trinajstić information content (AvgIpc) is 2.91. The van der Waals surface area contributed by atoms with Crippen molar-refractivity contribution in [2.75, 3.05) is 39.3 Å². The predicted molar refractivity (Wildman–Crippen MR) is 151 cm³/mol. The van der Waals surface area contributed by atoms with Gasteiger partial charge in [0, 0.05) is 76.6 Å². The summed E-state index contributed by atoms with van der Waals surface area (Å²) in [7, 11) is 0. The van der Waals surface area contributed by atoms with Crippen molar-refractivity contribution >= 4 is 37.3 Å². The van der Waals surface area contributed by atoms with Crippen LogP contribution in [-0.2, 0) is 0 Å². The maximum Gasteiger partial charge on any atom is 0.140 e. The number of benzene rings is 2. The van der Waals surface area contributed by atoms with E-state index in [1.807, 2.05) is 0 Å². The zero-order valence-corrected chi connectivity index (χ0v) is 21.2. The second-order valence-electron chi connectivity index (χ2n) is 8.85. The summed E-state index contributed by atoms with van der Waals surface area (Å²) >= 11 is 0. The molecule has 0 aliphatic carbocycles. The van der Waals surface area contributed by atoms with Crippen LogP contribution in [0.1, 0.15) is 52.6 Å². The maximum atomic E-state index is 10.8. The first-order valence-corrected chi connectivity index (χ1v) is 12.5. The second kappa shape index (κ2) is 12.7. The van der Waals surface area contributed by atoms with Crippen molar-refractivity contribution < 1.29 is 30.6 Å². The van der Waals surface area contributed by atoms with Gasteiger partial charge in [-0.15, -0.1) is 0 Å². The molecule has 0 spiro atoms. The minimum absolute atomic E-state index is 0.0243. The van der Waals surface area contributed by atoms with Crippen LogP contribution in [0.5, 0.6) is 34.5 Å². The molecular formula is C27H30N6O6. The predicted octanol–water partition coefficient (Wildman–Crippen LogP) is 2.33. The summed E-state index contributed by atoms with van der Waals surface area (Å²) < 4.78 is 0. The molecule has 0 saturated heterocycles. The molecule has 3 aliphatic rings. The SMILES string of the molecule is Oc1c2c(O)c3c(O)c1C=NCCCN=Cc1c(O)c(c(O)c(c1O)C=NCCCN=C3)C=NCCCN=C2. The van der Waals surface area contributed by atoms with Crippen LogP contribution in [0.15, 0.2) is 30.0 Å². The quantitative estimate of drug-likeness (QED) is 0.300. The fourth-order valence-electron chi connectivity index (χ4n) is 3.97. The molecule has 0 unspecified atom stereocenters. The van der Waals surface area contributed by atoms with Gasteiger partial charge in [0.25, 0.3) is 0 Å². The van der Waals surface area contributed by atoms with E-state index in [9.17, 15) is 30.6 Å². The minimum Gasteiger partial charge on any atom is -0.506 e. The lowest BCUT2D eigenvalue weighted by Gasteiger charge is -2.13. The van der Waals surface area contributed by atoms with Crippen molar-refractivity contribution in [2.45, 2.75) is 19.3 Å². The van der Waals surface area contributed by atoms with E-state index in [0.717, 1.165) is 0 Å². The molecule has 204 valence electrons. The van der Waals surface area contributed by atoms with Gasteiger partial charge in [0.1, 0.15) is 34.5 Å². The second-order valence-corrected chi connectivity index (χ2v) is 8.85. The molecule has 12 nitrogen and oxygen atoms in total. The zero-order valence-electron chi connectivity index (χ0n) is 21.2. The third-order valence-electron chi connectivity index (χ3n) is 6.11. The van der Waals surface area contributed by atoms with E-state index in [-0.39, 0.29) is 107 Å². The zero-order chi connectivity index (χ0) is 27.8. The molecule has 2 aromatic rings. The van der Waals surface area contributed by atoms with Gasteiger partial charge in [-0.05, 0) is 19.3 Å². The van der Waals surface area contributed by atoms with Gasteiger partial charge in [-0.3, -0.25) is 30.0 Å². The fourth-order valence-corrected chi connectivity index (χ4v) is 3.97. The molecule has 0 atom stereocenters. The Morgan fingerprint density at radius 3 is 0.615 bits per heavy atom. The number of rotatable bonds is 0. The van der Waals surface area contributed by atoms with Crippen LogP contribution in [0.3, 0.4) is 0 Å². The highest BCUT2D eigenvalue weighted by atomic mass is 16.3. The van der Waals surface area contributed by atoms with Crippen molar-refractivity contribution in [1.82, 2.24) is 0 Å². The summed E-state index contributed by atoms with van der Waals surface area (Å²) in [5.74, 6) is -2.21. The molecule has 0 amide bonds. The van der Waals surface area contributed by atoms with E-state index >= 15 is 0 Å². The summed E-state index contributed by atoms with van der Waals surface area (Å²) in [5.41, 5.74) is 0.146. The van der Waals surface area contributed by atoms with Gasteiger partial charge in [0.15, 0.2) is 0 Å². The lowest BCUT2D eigenvalue weighted by Crippen LogP contribution is -2.01. The van der Waals surface area contributed by atoms with Crippen LogP contribution < -0.4 is 0 Å². The average molecular weight is 535 g/mol. The molecular weight excluding hydrogens is 504 g/mol. The number of hydrogen-bond acceptors (Lipinski definition) is 12. The van der Waals surface area contributed by atoms with Crippen molar-refractivity contribution in [1.29, 1.82) is 0 Å². The van der Waals surface area contributed by atoms with E-state index in [2.05, 4.69) is 30.0 Å². The number of phenolic OH excluding ortho intramolecular Hbond substituents is 6. The van der Waals surface area contributed by atoms with Crippen LogP contribution in [0.4, 0.5) is 0 Å². The molecule has 0 aromatic heterocycles. The molecule has 0 saturated carbocycles. The monoisotopic (exact) mass is 534 g/mol. The number of fused-ring (bicyclic) bond motifs is 12. The van der Waals surface area contributed by atoms with Gasteiger partial charge in [-0.25, -0.2) is 0 Å². The molecule has 6 N–H and O–H groups in total. The highest BCUT2D eigenvalue weighted by molar-refractivity contribution is 6.04. The number of aromatic hydroxyl groups is 6. The van der Waals surface area contributed by atoms with Crippen LogP contribution in [0.25, 0.3) is 0 Å². The Hall–Kier alpha value is -4.74. The van der Waals surface area contributed by atoms with Gasteiger partial charge in [0.2, 0.25) is 0 Å². The molecule has 12 heteroatoms. The van der Waals surface area contributed by atoms with Crippen LogP contribution in [-0.4, -0.2) is 107 Å². The lowest BCUT2D eigenvalue weighted by molar-refractivity contribution is 0.423. The largest absolute Gasteiger partial charge is 0.506 e. The summed E-state index contributed by atoms with van der Waals surface area (Å²) in [6.07, 6.45) is 9.32. The fraction of sp³-hybridized carbons (Fsp3) is 0.333. The molecule has 2 aromatic carbocycles. The molecule has 3 heterocycles. The Balaban J connectivity index is 1.87. The van der Waals surface area contributed by atoms with E-state index in [1.54, 1.807) is 0 Å². The smallest absolute Gasteiger partial charge is 0.140 e. The summed E-state index contributed by atoms with van der Waals surface area (Å²) in [4.78, 5) is 25.7. The molecule has 0 radical (unpaired) electrons. The van der Waals surface area contributed by atoms with Gasteiger partial charge in [-0.1, -0.05) is 0 Å². The Morgan fingerprint density at radius 2 is 0.462 bits per heavy atom. The van der Waals surface area contributed by atoms with E-state index in [4.69, 9.17) is 0 Å². The Bertz CT molecular complexity index is 1100. The van der Waals surface area contributed by atoms with Crippen LogP contribution in [0, 0.1) is 0 Å². The third kappa shape index (κ3) is 6.06. The molecule has 0 fully saturated rings. The first-order chi connectivity index (χ1) is 18.9. The topological polar surface area (TPSA) is 196 Å². The third-order valence-corrected chi connectivity index (χ3v) is 6.11. The van der Waals surface area contributed by atoms with Gasteiger partial charge < -0.3 is 30.6 Å². The summed E-state index contributed by atoms with van der Waals surface area (Å²) in [6.45, 7) is 1.71. The van der Waals surface area contributed by atoms with Gasteiger partial charge in [0.05, 0.1) is 33.4 Å². The van der Waals surface area contributed by atoms with E-state index in [0.29, 0.717) is 19.3 Å². The van der Waals surface area contributed by atoms with Gasteiger partial charge >= 0.3 is 0 Å². The Labute approximate surface area is 224 Å². The highest BCUT2D eigenvalue weighted by Crippen LogP contribution is 2.40. The van der Waals surface area contributed by atoms with Crippen molar-refractivity contribution in [2.24, 2.45) is 30.0 Å². The van der Waals surface area contributed by atoms with Crippen LogP contribution in [0.2, 0.25) is 0 Å². The standard InChI is InChI=1S/C27H30N6O6/c34-22-16-10-28-4-1-5-29-11-17-23(35)19-13-31-7-2-6-30-12-18(22)26(38)20(24(16)36)14-32-8-3-9-33-15-21(25(17)37)27(19)39/h10-15,34-39H,1-9H2. The van der Waals surface area contributed by atoms with E-state index in [1.165, 1.54) is 37.3 Å². The first kappa shape index (κ1) is 27.3. The van der Waals surface area contributed by atoms with Gasteiger partial charge in [-0.2, -0.15) is 0 Å². The molecule has 6 bridgehead atoms. The molecule has 3 aliphatic heterocycles. The number of phenols is 6. The van der Waals surface area contributed by atoms with Crippen molar-refractivity contribution in [3.05, 3.63) is 33.4 Å². The molecule has 5 rings (SSSR count). The Morgan fingerprint density at radius 1 is 0.308 bits per heavy atom. The van der Waals surface area contributed by atoms with Crippen LogP contribution >= 0.6 is 0 Å². The summed E-state index contributed by atoms with van der Waals surface area (Å²) in [6, 6.07) is 0. The number of aliphatic imine (C=N–C) groups is 6. The van der Waals surface area contributed by atoms with E-state index < -0.39 is 0 Å². The Kier molecular flexibility index (Phi) is 8.87. The highest BCUT2D eigenvalue weighted by Gasteiger charge is 2.22. The summed E-state index contributed by atoms with van der Waals surface area (Å²) in [5, 5.41) is 64.9. The number of nitrogens with zero attached hydrogens (tertiary/aromatic N) is 6.